The summed E-state index contributed by atoms with van der Waals surface area (Å²) in [6.45, 7) is 2.39. The number of nitrogens with zero attached hydrogens (tertiary/aromatic N) is 2. The number of carbonyl (C=O) groups excluding carboxylic acids is 2. The fraction of sp³-hybridized carbons (Fsp3) is 0.600. The summed E-state index contributed by atoms with van der Waals surface area (Å²) < 4.78 is 0. The summed E-state index contributed by atoms with van der Waals surface area (Å²) in [6, 6.07) is 7.71. The van der Waals surface area contributed by atoms with Gasteiger partial charge in [-0.1, -0.05) is 37.8 Å². The van der Waals surface area contributed by atoms with Crippen molar-refractivity contribution in [3.05, 3.63) is 24.3 Å². The second kappa shape index (κ2) is 6.79. The van der Waals surface area contributed by atoms with Crippen LogP contribution in [0.2, 0.25) is 0 Å². The van der Waals surface area contributed by atoms with Gasteiger partial charge in [0.2, 0.25) is 5.91 Å². The Kier molecular flexibility index (Phi) is 4.50. The molecule has 1 aromatic carbocycles. The highest BCUT2D eigenvalue weighted by molar-refractivity contribution is 6.15. The van der Waals surface area contributed by atoms with E-state index in [1.54, 1.807) is 0 Å². The van der Waals surface area contributed by atoms with Crippen molar-refractivity contribution in [3.63, 3.8) is 0 Å². The number of carbonyl (C=O) groups is 2. The minimum absolute atomic E-state index is 0.00656. The van der Waals surface area contributed by atoms with Gasteiger partial charge in [-0.3, -0.25) is 19.4 Å². The molecule has 0 unspecified atom stereocenters. The first-order chi connectivity index (χ1) is 12.2. The number of likely N-dealkylation sites (tertiary alicyclic amines) is 1. The highest BCUT2D eigenvalue weighted by atomic mass is 16.2. The van der Waals surface area contributed by atoms with Crippen LogP contribution in [0.4, 0.5) is 11.4 Å². The summed E-state index contributed by atoms with van der Waals surface area (Å²) in [4.78, 5) is 30.4. The number of nitrogens with one attached hydrogen (secondary N) is 1. The monoisotopic (exact) mass is 341 g/mol. The number of anilines is 2. The van der Waals surface area contributed by atoms with E-state index in [1.165, 1.54) is 12.8 Å². The van der Waals surface area contributed by atoms with Crippen molar-refractivity contribution in [1.82, 2.24) is 4.90 Å². The van der Waals surface area contributed by atoms with E-state index >= 15 is 0 Å². The van der Waals surface area contributed by atoms with Crippen molar-refractivity contribution >= 4 is 23.2 Å². The highest BCUT2D eigenvalue weighted by Crippen LogP contribution is 2.45. The summed E-state index contributed by atoms with van der Waals surface area (Å²) in [5.41, 5.74) is 0.940. The lowest BCUT2D eigenvalue weighted by Crippen LogP contribution is -2.62. The summed E-state index contributed by atoms with van der Waals surface area (Å²) >= 11 is 0. The summed E-state index contributed by atoms with van der Waals surface area (Å²) in [5.74, 6) is 0.0685. The molecule has 2 fully saturated rings. The molecule has 25 heavy (non-hydrogen) atoms. The quantitative estimate of drug-likeness (QED) is 0.899. The van der Waals surface area contributed by atoms with Crippen LogP contribution in [-0.2, 0) is 9.59 Å². The molecular weight excluding hydrogens is 314 g/mol. The molecule has 2 amide bonds. The Morgan fingerprint density at radius 3 is 2.40 bits per heavy atom. The Labute approximate surface area is 149 Å². The van der Waals surface area contributed by atoms with Crippen molar-refractivity contribution in [1.29, 1.82) is 0 Å². The lowest BCUT2D eigenvalue weighted by Gasteiger charge is -2.45. The van der Waals surface area contributed by atoms with Crippen LogP contribution in [0.15, 0.2) is 24.3 Å². The third-order valence-corrected chi connectivity index (χ3v) is 5.98. The Morgan fingerprint density at radius 1 is 1.00 bits per heavy atom. The van der Waals surface area contributed by atoms with E-state index in [2.05, 4.69) is 10.2 Å². The fourth-order valence-electron chi connectivity index (χ4n) is 4.68. The van der Waals surface area contributed by atoms with Crippen LogP contribution in [0.3, 0.4) is 0 Å². The van der Waals surface area contributed by atoms with Crippen LogP contribution in [0, 0.1) is 0 Å². The van der Waals surface area contributed by atoms with E-state index < -0.39 is 5.54 Å². The topological polar surface area (TPSA) is 52.7 Å². The first-order valence-electron chi connectivity index (χ1n) is 9.67. The maximum Gasteiger partial charge on any atom is 0.250 e. The number of hydrogen-bond donors (Lipinski definition) is 1. The van der Waals surface area contributed by atoms with Crippen LogP contribution in [0.25, 0.3) is 0 Å². The minimum atomic E-state index is -0.683. The van der Waals surface area contributed by atoms with Crippen molar-refractivity contribution in [2.24, 2.45) is 0 Å². The zero-order chi connectivity index (χ0) is 17.3. The molecule has 1 saturated carbocycles. The molecule has 5 heteroatoms. The van der Waals surface area contributed by atoms with Crippen molar-refractivity contribution in [2.75, 3.05) is 29.9 Å². The highest BCUT2D eigenvalue weighted by Gasteiger charge is 2.52. The van der Waals surface area contributed by atoms with E-state index in [4.69, 9.17) is 0 Å². The lowest BCUT2D eigenvalue weighted by atomic mass is 9.89. The van der Waals surface area contributed by atoms with Gasteiger partial charge in [-0.2, -0.15) is 0 Å². The molecule has 1 N–H and O–H groups in total. The van der Waals surface area contributed by atoms with E-state index in [0.717, 1.165) is 63.0 Å². The summed E-state index contributed by atoms with van der Waals surface area (Å²) in [5, 5.41) is 3.04. The van der Waals surface area contributed by atoms with Gasteiger partial charge in [0.15, 0.2) is 0 Å². The molecular formula is C20H27N3O2. The van der Waals surface area contributed by atoms with Gasteiger partial charge in [0.05, 0.1) is 17.9 Å². The average molecular weight is 341 g/mol. The number of rotatable bonds is 2. The normalized spacial score (nSPS) is 23.2. The van der Waals surface area contributed by atoms with Gasteiger partial charge in [-0.25, -0.2) is 0 Å². The second-order valence-corrected chi connectivity index (χ2v) is 7.63. The van der Waals surface area contributed by atoms with E-state index in [1.807, 2.05) is 29.2 Å². The molecule has 2 heterocycles. The molecule has 0 radical (unpaired) electrons. The Bertz CT molecular complexity index is 659. The van der Waals surface area contributed by atoms with E-state index in [0.29, 0.717) is 6.54 Å². The zero-order valence-corrected chi connectivity index (χ0v) is 14.8. The third-order valence-electron chi connectivity index (χ3n) is 5.98. The maximum atomic E-state index is 13.4. The van der Waals surface area contributed by atoms with Crippen LogP contribution in [-0.4, -0.2) is 41.9 Å². The molecule has 1 aliphatic carbocycles. The number of fused-ring (bicyclic) bond motifs is 1. The predicted octanol–water partition coefficient (Wildman–Crippen LogP) is 3.16. The van der Waals surface area contributed by atoms with Crippen molar-refractivity contribution in [3.8, 4) is 0 Å². The van der Waals surface area contributed by atoms with Gasteiger partial charge < -0.3 is 5.32 Å². The van der Waals surface area contributed by atoms with Crippen LogP contribution < -0.4 is 10.2 Å². The largest absolute Gasteiger partial charge is 0.322 e. The van der Waals surface area contributed by atoms with E-state index in [9.17, 15) is 9.59 Å². The molecule has 134 valence electrons. The fourth-order valence-corrected chi connectivity index (χ4v) is 4.68. The van der Waals surface area contributed by atoms with Crippen LogP contribution in [0.5, 0.6) is 0 Å². The first kappa shape index (κ1) is 16.6. The molecule has 1 spiro atoms. The number of benzene rings is 1. The first-order valence-corrected chi connectivity index (χ1v) is 9.67. The molecule has 0 bridgehead atoms. The van der Waals surface area contributed by atoms with Crippen LogP contribution >= 0.6 is 0 Å². The average Bonchev–Trinajstić information content (AvgIpc) is 2.95. The smallest absolute Gasteiger partial charge is 0.250 e. The Hall–Kier alpha value is -1.88. The molecule has 0 aromatic heterocycles. The molecule has 1 aromatic rings. The molecule has 0 atom stereocenters. The van der Waals surface area contributed by atoms with Gasteiger partial charge in [-0.05, 0) is 50.9 Å². The van der Waals surface area contributed by atoms with Gasteiger partial charge in [-0.15, -0.1) is 0 Å². The Balaban J connectivity index is 1.65. The molecule has 2 aliphatic heterocycles. The van der Waals surface area contributed by atoms with E-state index in [-0.39, 0.29) is 11.8 Å². The molecule has 4 rings (SSSR count). The minimum Gasteiger partial charge on any atom is -0.322 e. The van der Waals surface area contributed by atoms with Crippen molar-refractivity contribution in [2.45, 2.75) is 56.9 Å². The van der Waals surface area contributed by atoms with Gasteiger partial charge >= 0.3 is 0 Å². The van der Waals surface area contributed by atoms with Gasteiger partial charge in [0.1, 0.15) is 5.54 Å². The second-order valence-electron chi connectivity index (χ2n) is 7.63. The summed E-state index contributed by atoms with van der Waals surface area (Å²) in [6.07, 6.45) is 8.36. The number of para-hydroxylation sites is 2. The zero-order valence-electron chi connectivity index (χ0n) is 14.8. The summed E-state index contributed by atoms with van der Waals surface area (Å²) in [7, 11) is 0. The Morgan fingerprint density at radius 2 is 1.68 bits per heavy atom. The van der Waals surface area contributed by atoms with Gasteiger partial charge in [0, 0.05) is 0 Å². The predicted molar refractivity (Wildman–Crippen MR) is 98.7 cm³/mol. The molecule has 1 saturated heterocycles. The molecule has 3 aliphatic rings. The SMILES string of the molecule is O=C(CN1CCCCCC1)N1c2ccccc2NC(=O)C12CCCC2. The number of amides is 2. The van der Waals surface area contributed by atoms with Gasteiger partial charge in [0.25, 0.3) is 5.91 Å². The van der Waals surface area contributed by atoms with Crippen molar-refractivity contribution < 1.29 is 9.59 Å². The molecule has 5 nitrogen and oxygen atoms in total. The lowest BCUT2D eigenvalue weighted by molar-refractivity contribution is -0.128. The third kappa shape index (κ3) is 2.95. The number of hydrogen-bond acceptors (Lipinski definition) is 3. The standard InChI is InChI=1S/C20H27N3O2/c24-18(15-22-13-7-1-2-8-14-22)23-17-10-4-3-9-16(17)21-19(25)20(23)11-5-6-12-20/h3-4,9-10H,1-2,5-8,11-15H2,(H,21,25). The maximum absolute atomic E-state index is 13.4. The van der Waals surface area contributed by atoms with Crippen LogP contribution in [0.1, 0.15) is 51.4 Å².